The van der Waals surface area contributed by atoms with Gasteiger partial charge in [0.25, 0.3) is 0 Å². The van der Waals surface area contributed by atoms with Crippen molar-refractivity contribution in [3.05, 3.63) is 34.2 Å². The molecule has 23 heavy (non-hydrogen) atoms. The Balaban J connectivity index is 1.85. The van der Waals surface area contributed by atoms with Crippen molar-refractivity contribution < 1.29 is 9.18 Å². The van der Waals surface area contributed by atoms with Gasteiger partial charge >= 0.3 is 0 Å². The highest BCUT2D eigenvalue weighted by atomic mass is 35.5. The van der Waals surface area contributed by atoms with Crippen LogP contribution in [0.5, 0.6) is 0 Å². The number of carbonyl (C=O) groups is 1. The minimum Gasteiger partial charge on any atom is -0.361 e. The van der Waals surface area contributed by atoms with E-state index in [0.29, 0.717) is 6.54 Å². The van der Waals surface area contributed by atoms with Crippen molar-refractivity contribution in [2.24, 2.45) is 0 Å². The maximum absolute atomic E-state index is 14.2. The second-order valence-corrected chi connectivity index (χ2v) is 6.41. The highest BCUT2D eigenvalue weighted by Crippen LogP contribution is 2.32. The molecule has 0 radical (unpaired) electrons. The normalized spacial score (nSPS) is 16.3. The van der Waals surface area contributed by atoms with E-state index in [2.05, 4.69) is 9.88 Å². The predicted octanol–water partition coefficient (Wildman–Crippen LogP) is 3.19. The molecule has 2 aromatic rings. The number of aromatic nitrogens is 1. The summed E-state index contributed by atoms with van der Waals surface area (Å²) < 4.78 is 14.2. The molecule has 0 bridgehead atoms. The van der Waals surface area contributed by atoms with E-state index in [1.165, 1.54) is 6.07 Å². The van der Waals surface area contributed by atoms with E-state index in [1.54, 1.807) is 6.92 Å². The highest BCUT2D eigenvalue weighted by Gasteiger charge is 2.21. The molecule has 1 fully saturated rings. The Morgan fingerprint density at radius 2 is 2.00 bits per heavy atom. The summed E-state index contributed by atoms with van der Waals surface area (Å²) in [5, 5.41) is 0.995. The average Bonchev–Trinajstić information content (AvgIpc) is 2.97. The Morgan fingerprint density at radius 3 is 2.61 bits per heavy atom. The van der Waals surface area contributed by atoms with E-state index in [1.807, 2.05) is 18.0 Å². The van der Waals surface area contributed by atoms with Crippen LogP contribution in [0.4, 0.5) is 4.39 Å². The number of aromatic amines is 1. The fourth-order valence-electron chi connectivity index (χ4n) is 3.24. The van der Waals surface area contributed by atoms with Crippen molar-refractivity contribution >= 4 is 28.4 Å². The average molecular weight is 338 g/mol. The quantitative estimate of drug-likeness (QED) is 0.934. The van der Waals surface area contributed by atoms with Crippen molar-refractivity contribution in [1.29, 1.82) is 0 Å². The van der Waals surface area contributed by atoms with E-state index < -0.39 is 0 Å². The van der Waals surface area contributed by atoms with Gasteiger partial charge in [0.15, 0.2) is 0 Å². The number of hydrogen-bond acceptors (Lipinski definition) is 2. The first kappa shape index (κ1) is 16.3. The molecule has 124 valence electrons. The first-order valence-corrected chi connectivity index (χ1v) is 8.33. The molecule has 0 atom stereocenters. The van der Waals surface area contributed by atoms with Gasteiger partial charge in [0, 0.05) is 51.2 Å². The first-order valence-electron chi connectivity index (χ1n) is 7.96. The second kappa shape index (κ2) is 6.49. The van der Waals surface area contributed by atoms with Crippen molar-refractivity contribution in [1.82, 2.24) is 14.8 Å². The number of benzene rings is 1. The van der Waals surface area contributed by atoms with Crippen LogP contribution < -0.4 is 0 Å². The summed E-state index contributed by atoms with van der Waals surface area (Å²) in [6.45, 7) is 7.32. The van der Waals surface area contributed by atoms with Crippen molar-refractivity contribution in [3.8, 4) is 0 Å². The van der Waals surface area contributed by atoms with Crippen LogP contribution in [0, 0.1) is 5.82 Å². The summed E-state index contributed by atoms with van der Waals surface area (Å²) >= 11 is 6.17. The molecule has 1 amide bonds. The zero-order valence-electron chi connectivity index (χ0n) is 13.5. The number of piperazine rings is 1. The van der Waals surface area contributed by atoms with Gasteiger partial charge in [-0.1, -0.05) is 18.5 Å². The Morgan fingerprint density at radius 1 is 1.30 bits per heavy atom. The molecule has 4 nitrogen and oxygen atoms in total. The Kier molecular flexibility index (Phi) is 4.60. The summed E-state index contributed by atoms with van der Waals surface area (Å²) in [6, 6.07) is 1.53. The largest absolute Gasteiger partial charge is 0.361 e. The lowest BCUT2D eigenvalue weighted by molar-refractivity contribution is -0.130. The van der Waals surface area contributed by atoms with Gasteiger partial charge in [0.1, 0.15) is 5.82 Å². The molecule has 1 saturated heterocycles. The topological polar surface area (TPSA) is 39.3 Å². The summed E-state index contributed by atoms with van der Waals surface area (Å²) in [5.41, 5.74) is 2.87. The Bertz CT molecular complexity index is 735. The first-order chi connectivity index (χ1) is 11.0. The van der Waals surface area contributed by atoms with Gasteiger partial charge in [0.2, 0.25) is 5.91 Å². The van der Waals surface area contributed by atoms with Gasteiger partial charge in [-0.05, 0) is 23.6 Å². The molecule has 1 aromatic carbocycles. The number of aryl methyl sites for hydroxylation is 1. The van der Waals surface area contributed by atoms with E-state index in [-0.39, 0.29) is 16.7 Å². The van der Waals surface area contributed by atoms with E-state index >= 15 is 0 Å². The number of carbonyl (C=O) groups excluding carboxylic acids is 1. The standard InChI is InChI=1S/C17H21ClFN3O/c1-3-12-9-20-17-13(8-14(19)16(18)15(12)17)10-21-4-6-22(7-5-21)11(2)23/h8-9,20H,3-7,10H2,1-2H3. The molecule has 1 aliphatic heterocycles. The molecule has 2 heterocycles. The van der Waals surface area contributed by atoms with Crippen LogP contribution in [0.1, 0.15) is 25.0 Å². The van der Waals surface area contributed by atoms with Crippen molar-refractivity contribution in [3.63, 3.8) is 0 Å². The zero-order valence-corrected chi connectivity index (χ0v) is 14.2. The molecule has 0 saturated carbocycles. The number of nitrogens with one attached hydrogen (secondary N) is 1. The molecule has 1 aliphatic rings. The van der Waals surface area contributed by atoms with Gasteiger partial charge in [-0.15, -0.1) is 0 Å². The fraction of sp³-hybridized carbons (Fsp3) is 0.471. The number of fused-ring (bicyclic) bond motifs is 1. The van der Waals surface area contributed by atoms with Gasteiger partial charge in [0.05, 0.1) is 10.5 Å². The van der Waals surface area contributed by atoms with E-state index in [0.717, 1.165) is 54.6 Å². The smallest absolute Gasteiger partial charge is 0.219 e. The third-order valence-electron chi connectivity index (χ3n) is 4.61. The number of amides is 1. The maximum atomic E-state index is 14.2. The Labute approximate surface area is 140 Å². The predicted molar refractivity (Wildman–Crippen MR) is 90.2 cm³/mol. The summed E-state index contributed by atoms with van der Waals surface area (Å²) in [7, 11) is 0. The molecule has 3 rings (SSSR count). The zero-order chi connectivity index (χ0) is 16.6. The van der Waals surface area contributed by atoms with E-state index in [4.69, 9.17) is 11.6 Å². The highest BCUT2D eigenvalue weighted by molar-refractivity contribution is 6.36. The van der Waals surface area contributed by atoms with Gasteiger partial charge in [-0.2, -0.15) is 0 Å². The second-order valence-electron chi connectivity index (χ2n) is 6.03. The molecule has 0 aliphatic carbocycles. The molecule has 1 aromatic heterocycles. The fourth-order valence-corrected chi connectivity index (χ4v) is 3.51. The van der Waals surface area contributed by atoms with E-state index in [9.17, 15) is 9.18 Å². The molecule has 0 unspecified atom stereocenters. The number of nitrogens with zero attached hydrogens (tertiary/aromatic N) is 2. The molecular weight excluding hydrogens is 317 g/mol. The molecule has 1 N–H and O–H groups in total. The third kappa shape index (κ3) is 3.08. The lowest BCUT2D eigenvalue weighted by Gasteiger charge is -2.34. The lowest BCUT2D eigenvalue weighted by Crippen LogP contribution is -2.47. The van der Waals surface area contributed by atoms with Crippen molar-refractivity contribution in [2.75, 3.05) is 26.2 Å². The van der Waals surface area contributed by atoms with Crippen LogP contribution in [0.2, 0.25) is 5.02 Å². The molecular formula is C17H21ClFN3O. The lowest BCUT2D eigenvalue weighted by atomic mass is 10.1. The minimum atomic E-state index is -0.370. The number of H-pyrrole nitrogens is 1. The minimum absolute atomic E-state index is 0.113. The van der Waals surface area contributed by atoms with Crippen LogP contribution in [0.15, 0.2) is 12.3 Å². The SMILES string of the molecule is CCc1c[nH]c2c(CN3CCN(C(C)=O)CC3)cc(F)c(Cl)c12. The summed E-state index contributed by atoms with van der Waals surface area (Å²) in [5.74, 6) is -0.257. The number of rotatable bonds is 3. The maximum Gasteiger partial charge on any atom is 0.219 e. The van der Waals surface area contributed by atoms with Gasteiger partial charge < -0.3 is 9.88 Å². The van der Waals surface area contributed by atoms with Crippen LogP contribution in [0.3, 0.4) is 0 Å². The number of halogens is 2. The third-order valence-corrected chi connectivity index (χ3v) is 4.98. The van der Waals surface area contributed by atoms with Crippen LogP contribution >= 0.6 is 11.6 Å². The monoisotopic (exact) mass is 337 g/mol. The van der Waals surface area contributed by atoms with Crippen LogP contribution in [-0.2, 0) is 17.8 Å². The Hall–Kier alpha value is -1.59. The summed E-state index contributed by atoms with van der Waals surface area (Å²) in [4.78, 5) is 18.7. The molecule has 0 spiro atoms. The molecule has 6 heteroatoms. The van der Waals surface area contributed by atoms with Gasteiger partial charge in [-0.25, -0.2) is 4.39 Å². The number of hydrogen-bond donors (Lipinski definition) is 1. The summed E-state index contributed by atoms with van der Waals surface area (Å²) in [6.07, 6.45) is 2.72. The van der Waals surface area contributed by atoms with Crippen molar-refractivity contribution in [2.45, 2.75) is 26.8 Å². The van der Waals surface area contributed by atoms with Crippen LogP contribution in [0.25, 0.3) is 10.9 Å². The van der Waals surface area contributed by atoms with Crippen LogP contribution in [-0.4, -0.2) is 46.9 Å². The van der Waals surface area contributed by atoms with Gasteiger partial charge in [-0.3, -0.25) is 9.69 Å².